The second-order valence-electron chi connectivity index (χ2n) is 8.82. The number of aliphatic hydroxyl groups is 1. The Hall–Kier alpha value is -1.72. The van der Waals surface area contributed by atoms with Gasteiger partial charge in [-0.25, -0.2) is 4.98 Å². The van der Waals surface area contributed by atoms with Crippen molar-refractivity contribution in [2.45, 2.75) is 90.1 Å². The lowest BCUT2D eigenvalue weighted by molar-refractivity contribution is 0.116. The van der Waals surface area contributed by atoms with Crippen molar-refractivity contribution in [2.24, 2.45) is 0 Å². The molecule has 5 nitrogen and oxygen atoms in total. The van der Waals surface area contributed by atoms with Crippen LogP contribution in [0.5, 0.6) is 0 Å². The first kappa shape index (κ1) is 23.0. The fourth-order valence-corrected chi connectivity index (χ4v) is 5.28. The van der Waals surface area contributed by atoms with Crippen molar-refractivity contribution >= 4 is 11.0 Å². The Balaban J connectivity index is 0.00000256. The monoisotopic (exact) mass is 413 g/mol. The third kappa shape index (κ3) is 5.12. The number of aromatic nitrogens is 2. The zero-order chi connectivity index (χ0) is 20.1. The molecule has 2 fully saturated rings. The Morgan fingerprint density at radius 2 is 1.60 bits per heavy atom. The van der Waals surface area contributed by atoms with Crippen molar-refractivity contribution in [1.82, 2.24) is 14.5 Å². The highest BCUT2D eigenvalue weighted by molar-refractivity contribution is 5.74. The highest BCUT2D eigenvalue weighted by atomic mass is 16.3. The zero-order valence-electron chi connectivity index (χ0n) is 17.6. The predicted molar refractivity (Wildman–Crippen MR) is 124 cm³/mol. The normalized spacial score (nSPS) is 19.9. The summed E-state index contributed by atoms with van der Waals surface area (Å²) in [6.45, 7) is 2.27. The molecule has 0 amide bonds. The van der Waals surface area contributed by atoms with Gasteiger partial charge in [0.15, 0.2) is 0 Å². The molecule has 4 rings (SSSR count). The van der Waals surface area contributed by atoms with Crippen LogP contribution in [-0.2, 0) is 6.42 Å². The molecule has 0 bridgehead atoms. The van der Waals surface area contributed by atoms with Crippen molar-refractivity contribution in [3.05, 3.63) is 40.3 Å². The van der Waals surface area contributed by atoms with Gasteiger partial charge in [0, 0.05) is 31.8 Å². The molecule has 0 spiro atoms. The fourth-order valence-electron chi connectivity index (χ4n) is 5.28. The first-order chi connectivity index (χ1) is 14.3. The third-order valence-corrected chi connectivity index (χ3v) is 6.89. The van der Waals surface area contributed by atoms with Gasteiger partial charge in [-0.3, -0.25) is 4.79 Å². The fraction of sp³-hybridized carbons (Fsp3) is 0.680. The van der Waals surface area contributed by atoms with Crippen molar-refractivity contribution in [2.75, 3.05) is 19.7 Å². The van der Waals surface area contributed by atoms with Crippen molar-refractivity contribution in [3.8, 4) is 0 Å². The molecule has 2 aromatic rings. The summed E-state index contributed by atoms with van der Waals surface area (Å²) in [6.07, 6.45) is 12.8. The molecule has 2 aliphatic rings. The number of aryl methyl sites for hydroxylation is 1. The molecular weight excluding hydrogens is 374 g/mol. The standard InChI is InChI=1S/C24H35N3O2.CH4/c28-18-8-12-22-24(29)27(23-13-7-6-11-21(23)25-22)20-14-16-26(17-15-20)19-9-4-2-1-3-5-10-19;/h6-7,11,13,19-20,28H,1-5,8-10,12,14-18H2;1H4. The van der Waals surface area contributed by atoms with E-state index in [9.17, 15) is 9.90 Å². The molecule has 30 heavy (non-hydrogen) atoms. The van der Waals surface area contributed by atoms with Crippen LogP contribution in [-0.4, -0.2) is 45.3 Å². The van der Waals surface area contributed by atoms with Gasteiger partial charge in [0.1, 0.15) is 5.69 Å². The quantitative estimate of drug-likeness (QED) is 0.771. The number of benzene rings is 1. The minimum atomic E-state index is 0. The molecule has 1 aliphatic heterocycles. The first-order valence-electron chi connectivity index (χ1n) is 11.6. The lowest BCUT2D eigenvalue weighted by Gasteiger charge is -2.39. The zero-order valence-corrected chi connectivity index (χ0v) is 17.6. The second kappa shape index (κ2) is 11.1. The smallest absolute Gasteiger partial charge is 0.272 e. The SMILES string of the molecule is C.O=c1c(CCCO)nc2ccccc2n1C1CCN(C2CCCCCCC2)CC1. The van der Waals surface area contributed by atoms with Gasteiger partial charge in [-0.15, -0.1) is 0 Å². The van der Waals surface area contributed by atoms with Crippen molar-refractivity contribution in [1.29, 1.82) is 0 Å². The number of hydrogen-bond acceptors (Lipinski definition) is 4. The number of rotatable bonds is 5. The summed E-state index contributed by atoms with van der Waals surface area (Å²) in [6, 6.07) is 8.99. The van der Waals surface area contributed by atoms with Crippen molar-refractivity contribution in [3.63, 3.8) is 0 Å². The maximum Gasteiger partial charge on any atom is 0.272 e. The Kier molecular flexibility index (Phi) is 8.46. The molecule has 1 N–H and O–H groups in total. The summed E-state index contributed by atoms with van der Waals surface area (Å²) < 4.78 is 2.02. The second-order valence-corrected chi connectivity index (χ2v) is 8.82. The molecule has 1 aromatic carbocycles. The number of fused-ring (bicyclic) bond motifs is 1. The molecule has 1 aromatic heterocycles. The lowest BCUT2D eigenvalue weighted by atomic mass is 9.93. The summed E-state index contributed by atoms with van der Waals surface area (Å²) in [5, 5.41) is 9.20. The van der Waals surface area contributed by atoms with E-state index in [1.54, 1.807) is 0 Å². The van der Waals surface area contributed by atoms with E-state index >= 15 is 0 Å². The molecule has 1 saturated heterocycles. The van der Waals surface area contributed by atoms with Gasteiger partial charge in [-0.2, -0.15) is 0 Å². The number of hydrogen-bond donors (Lipinski definition) is 1. The third-order valence-electron chi connectivity index (χ3n) is 6.89. The van der Waals surface area contributed by atoms with Crippen LogP contribution in [0.25, 0.3) is 11.0 Å². The van der Waals surface area contributed by atoms with Crippen LogP contribution in [0, 0.1) is 0 Å². The largest absolute Gasteiger partial charge is 0.396 e. The van der Waals surface area contributed by atoms with Crippen LogP contribution < -0.4 is 5.56 Å². The highest BCUT2D eigenvalue weighted by Crippen LogP contribution is 2.29. The molecule has 0 atom stereocenters. The van der Waals surface area contributed by atoms with Crippen LogP contribution in [0.4, 0.5) is 0 Å². The minimum absolute atomic E-state index is 0. The molecule has 0 radical (unpaired) electrons. The maximum atomic E-state index is 13.3. The van der Waals surface area contributed by atoms with Gasteiger partial charge in [-0.05, 0) is 50.7 Å². The summed E-state index contributed by atoms with van der Waals surface area (Å²) in [7, 11) is 0. The van der Waals surface area contributed by atoms with Gasteiger partial charge in [0.2, 0.25) is 0 Å². The minimum Gasteiger partial charge on any atom is -0.396 e. The van der Waals surface area contributed by atoms with Gasteiger partial charge in [0.05, 0.1) is 11.0 Å². The van der Waals surface area contributed by atoms with E-state index < -0.39 is 0 Å². The molecular formula is C25H39N3O2. The summed E-state index contributed by atoms with van der Waals surface area (Å²) in [5.74, 6) is 0. The molecule has 1 saturated carbocycles. The average molecular weight is 414 g/mol. The van der Waals surface area contributed by atoms with E-state index in [-0.39, 0.29) is 25.6 Å². The predicted octanol–water partition coefficient (Wildman–Crippen LogP) is 4.71. The average Bonchev–Trinajstić information content (AvgIpc) is 2.72. The topological polar surface area (TPSA) is 58.4 Å². The van der Waals surface area contributed by atoms with Crippen LogP contribution in [0.1, 0.15) is 83.4 Å². The van der Waals surface area contributed by atoms with Gasteiger partial charge in [-0.1, -0.05) is 51.7 Å². The van der Waals surface area contributed by atoms with E-state index in [1.807, 2.05) is 28.8 Å². The summed E-state index contributed by atoms with van der Waals surface area (Å²) in [4.78, 5) is 20.6. The number of para-hydroxylation sites is 2. The lowest BCUT2D eigenvalue weighted by Crippen LogP contribution is -2.43. The summed E-state index contributed by atoms with van der Waals surface area (Å²) in [5.41, 5.74) is 2.49. The van der Waals surface area contributed by atoms with Crippen LogP contribution in [0.2, 0.25) is 0 Å². The van der Waals surface area contributed by atoms with Crippen LogP contribution in [0.15, 0.2) is 29.1 Å². The van der Waals surface area contributed by atoms with E-state index in [4.69, 9.17) is 0 Å². The van der Waals surface area contributed by atoms with Gasteiger partial charge < -0.3 is 14.6 Å². The van der Waals surface area contributed by atoms with Gasteiger partial charge >= 0.3 is 0 Å². The molecule has 2 heterocycles. The number of piperidine rings is 1. The number of aliphatic hydroxyl groups excluding tert-OH is 1. The highest BCUT2D eigenvalue weighted by Gasteiger charge is 2.28. The summed E-state index contributed by atoms with van der Waals surface area (Å²) >= 11 is 0. The van der Waals surface area contributed by atoms with Crippen molar-refractivity contribution < 1.29 is 5.11 Å². The molecule has 0 unspecified atom stereocenters. The Labute approximate surface area is 181 Å². The maximum absolute atomic E-state index is 13.3. The number of nitrogens with zero attached hydrogens (tertiary/aromatic N) is 3. The molecule has 1 aliphatic carbocycles. The van der Waals surface area contributed by atoms with Crippen LogP contribution >= 0.6 is 0 Å². The number of likely N-dealkylation sites (tertiary alicyclic amines) is 1. The molecule has 166 valence electrons. The van der Waals surface area contributed by atoms with E-state index in [0.717, 1.165) is 43.0 Å². The Bertz CT molecular complexity index is 847. The first-order valence-corrected chi connectivity index (χ1v) is 11.6. The molecule has 5 heteroatoms. The van der Waals surface area contributed by atoms with Gasteiger partial charge in [0.25, 0.3) is 5.56 Å². The van der Waals surface area contributed by atoms with Crippen LogP contribution in [0.3, 0.4) is 0 Å². The van der Waals surface area contributed by atoms with E-state index in [1.165, 1.54) is 44.9 Å². The van der Waals surface area contributed by atoms with E-state index in [2.05, 4.69) is 9.88 Å². The van der Waals surface area contributed by atoms with E-state index in [0.29, 0.717) is 18.5 Å². The Morgan fingerprint density at radius 3 is 2.30 bits per heavy atom. The Morgan fingerprint density at radius 1 is 0.933 bits per heavy atom.